The third-order valence-electron chi connectivity index (χ3n) is 5.43. The molecule has 0 saturated carbocycles. The maximum atomic E-state index is 3.82. The number of hydrogen-bond acceptors (Lipinski definition) is 2. The maximum absolute atomic E-state index is 3.82. The van der Waals surface area contributed by atoms with Crippen molar-refractivity contribution in [2.24, 2.45) is 0 Å². The predicted octanol–water partition coefficient (Wildman–Crippen LogP) is 4.89. The second kappa shape index (κ2) is 11.4. The zero-order valence-corrected chi connectivity index (χ0v) is 15.9. The molecule has 3 nitrogen and oxygen atoms in total. The first-order chi connectivity index (χ1) is 10.7. The van der Waals surface area contributed by atoms with Gasteiger partial charge in [0.1, 0.15) is 12.6 Å². The average molecular weight is 313 g/mol. The molecule has 1 aliphatic heterocycles. The third kappa shape index (κ3) is 6.55. The largest absolute Gasteiger partial charge is 0.228 e. The Kier molecular flexibility index (Phi) is 10.3. The van der Waals surface area contributed by atoms with E-state index in [1.54, 1.807) is 0 Å². The Morgan fingerprint density at radius 1 is 0.909 bits per heavy atom. The van der Waals surface area contributed by atoms with Crippen LogP contribution < -0.4 is 5.53 Å². The number of unbranched alkanes of at least 4 members (excludes halogenated alkanes) is 7. The lowest BCUT2D eigenvalue weighted by molar-refractivity contribution is -0.987. The van der Waals surface area contributed by atoms with Crippen LogP contribution in [0.15, 0.2) is 0 Å². The minimum atomic E-state index is 0.798. The van der Waals surface area contributed by atoms with Crippen molar-refractivity contribution in [1.29, 1.82) is 0 Å². The van der Waals surface area contributed by atoms with Crippen molar-refractivity contribution in [2.45, 2.75) is 97.4 Å². The molecule has 22 heavy (non-hydrogen) atoms. The minimum Gasteiger partial charge on any atom is -0.228 e. The summed E-state index contributed by atoms with van der Waals surface area (Å²) >= 11 is 0. The summed E-state index contributed by atoms with van der Waals surface area (Å²) in [5.41, 5.74) is 3.82. The first kappa shape index (κ1) is 19.9. The molecular weight excluding hydrogens is 270 g/mol. The van der Waals surface area contributed by atoms with E-state index < -0.39 is 0 Å². The van der Waals surface area contributed by atoms with Crippen LogP contribution in [0.5, 0.6) is 0 Å². The Morgan fingerprint density at radius 3 is 2.14 bits per heavy atom. The highest BCUT2D eigenvalue weighted by Gasteiger charge is 2.41. The van der Waals surface area contributed by atoms with E-state index in [2.05, 4.69) is 38.4 Å². The molecule has 0 spiro atoms. The zero-order chi connectivity index (χ0) is 16.3. The molecule has 132 valence electrons. The van der Waals surface area contributed by atoms with Gasteiger partial charge in [-0.3, -0.25) is 0 Å². The molecule has 0 aromatic carbocycles. The van der Waals surface area contributed by atoms with Crippen LogP contribution in [0, 0.1) is 0 Å². The lowest BCUT2D eigenvalue weighted by atomic mass is 10.0. The zero-order valence-electron chi connectivity index (χ0n) is 15.9. The average Bonchev–Trinajstić information content (AvgIpc) is 2.89. The van der Waals surface area contributed by atoms with E-state index in [1.165, 1.54) is 90.3 Å². The molecule has 2 unspecified atom stereocenters. The van der Waals surface area contributed by atoms with Gasteiger partial charge in [0.05, 0.1) is 13.1 Å². The Hall–Kier alpha value is -0.120. The smallest absolute Gasteiger partial charge is 0.112 e. The second-order valence-electron chi connectivity index (χ2n) is 7.33. The number of rotatable bonds is 13. The normalized spacial score (nSPS) is 24.0. The van der Waals surface area contributed by atoms with E-state index in [9.17, 15) is 0 Å². The Labute approximate surface area is 140 Å². The number of hydrazine groups is 1. The molecule has 3 heteroatoms. The van der Waals surface area contributed by atoms with E-state index in [1.807, 2.05) is 0 Å². The Bertz CT molecular complexity index is 269. The molecule has 1 fully saturated rings. The predicted molar refractivity (Wildman–Crippen MR) is 97.4 cm³/mol. The Morgan fingerprint density at radius 2 is 1.55 bits per heavy atom. The van der Waals surface area contributed by atoms with Crippen LogP contribution in [-0.4, -0.2) is 42.3 Å². The third-order valence-corrected chi connectivity index (χ3v) is 5.43. The van der Waals surface area contributed by atoms with Gasteiger partial charge in [-0.05, 0) is 25.7 Å². The first-order valence-corrected chi connectivity index (χ1v) is 10.0. The van der Waals surface area contributed by atoms with Gasteiger partial charge < -0.3 is 0 Å². The number of quaternary nitrogens is 1. The summed E-state index contributed by atoms with van der Waals surface area (Å²) in [6, 6.07) is 0.798. The molecule has 1 heterocycles. The fourth-order valence-electron chi connectivity index (χ4n) is 3.98. The van der Waals surface area contributed by atoms with E-state index >= 15 is 0 Å². The lowest BCUT2D eigenvalue weighted by Crippen LogP contribution is -2.62. The molecule has 2 atom stereocenters. The van der Waals surface area contributed by atoms with Crippen molar-refractivity contribution in [3.8, 4) is 0 Å². The molecular formula is C19H42N3+. The fourth-order valence-corrected chi connectivity index (χ4v) is 3.98. The van der Waals surface area contributed by atoms with Crippen LogP contribution in [-0.2, 0) is 0 Å². The summed E-state index contributed by atoms with van der Waals surface area (Å²) in [6.07, 6.45) is 15.2. The van der Waals surface area contributed by atoms with Crippen molar-refractivity contribution < 1.29 is 4.59 Å². The van der Waals surface area contributed by atoms with Crippen LogP contribution in [0.3, 0.4) is 0 Å². The van der Waals surface area contributed by atoms with Crippen molar-refractivity contribution in [3.63, 3.8) is 0 Å². The molecule has 0 aromatic heterocycles. The first-order valence-electron chi connectivity index (χ1n) is 10.0. The molecule has 1 rings (SSSR count). The van der Waals surface area contributed by atoms with Gasteiger partial charge in [-0.2, -0.15) is 5.01 Å². The van der Waals surface area contributed by atoms with Crippen LogP contribution >= 0.6 is 0 Å². The van der Waals surface area contributed by atoms with Gasteiger partial charge in [0.15, 0.2) is 0 Å². The van der Waals surface area contributed by atoms with E-state index in [0.29, 0.717) is 0 Å². The highest BCUT2D eigenvalue weighted by Crippen LogP contribution is 2.24. The summed E-state index contributed by atoms with van der Waals surface area (Å²) in [5.74, 6) is 0. The number of hydrogen-bond donors (Lipinski definition) is 1. The lowest BCUT2D eigenvalue weighted by Gasteiger charge is -2.40. The standard InChI is InChI=1S/C19H42N3/c1-5-8-10-11-12-14-17-22(18-16-21(4)20-22)19(7-3)15-13-9-6-2/h19-20H,5-18H2,1-4H3/q+1. The summed E-state index contributed by atoms with van der Waals surface area (Å²) in [7, 11) is 2.21. The number of nitrogens with one attached hydrogen (secondary N) is 1. The Balaban J connectivity index is 2.45. The topological polar surface area (TPSA) is 15.3 Å². The molecule has 0 aliphatic carbocycles. The van der Waals surface area contributed by atoms with Gasteiger partial charge in [-0.15, -0.1) is 0 Å². The highest BCUT2D eigenvalue weighted by atomic mass is 15.9. The summed E-state index contributed by atoms with van der Waals surface area (Å²) in [4.78, 5) is 0. The summed E-state index contributed by atoms with van der Waals surface area (Å²) in [5, 5.41) is 2.32. The van der Waals surface area contributed by atoms with E-state index in [-0.39, 0.29) is 0 Å². The second-order valence-corrected chi connectivity index (χ2v) is 7.33. The van der Waals surface area contributed by atoms with Crippen molar-refractivity contribution in [3.05, 3.63) is 0 Å². The molecule has 0 amide bonds. The highest BCUT2D eigenvalue weighted by molar-refractivity contribution is 4.63. The SMILES string of the molecule is CCCCCCCC[N+]1(C(CC)CCCCC)CCN(C)N1. The molecule has 0 bridgehead atoms. The van der Waals surface area contributed by atoms with Crippen LogP contribution in [0.4, 0.5) is 0 Å². The minimum absolute atomic E-state index is 0.798. The van der Waals surface area contributed by atoms with E-state index in [0.717, 1.165) is 10.6 Å². The van der Waals surface area contributed by atoms with Gasteiger partial charge in [0.25, 0.3) is 0 Å². The molecule has 1 aliphatic rings. The van der Waals surface area contributed by atoms with Gasteiger partial charge in [-0.25, -0.2) is 4.59 Å². The van der Waals surface area contributed by atoms with Crippen LogP contribution in [0.25, 0.3) is 0 Å². The van der Waals surface area contributed by atoms with Crippen LogP contribution in [0.2, 0.25) is 0 Å². The fraction of sp³-hybridized carbons (Fsp3) is 1.00. The number of likely N-dealkylation sites (N-methyl/N-ethyl adjacent to an activating group) is 1. The van der Waals surface area contributed by atoms with E-state index in [4.69, 9.17) is 0 Å². The van der Waals surface area contributed by atoms with Gasteiger partial charge in [0.2, 0.25) is 0 Å². The van der Waals surface area contributed by atoms with Gasteiger partial charge in [0, 0.05) is 13.5 Å². The maximum Gasteiger partial charge on any atom is 0.112 e. The quantitative estimate of drug-likeness (QED) is 0.385. The monoisotopic (exact) mass is 312 g/mol. The van der Waals surface area contributed by atoms with Crippen molar-refractivity contribution in [2.75, 3.05) is 26.7 Å². The summed E-state index contributed by atoms with van der Waals surface area (Å²) < 4.78 is 1.16. The molecule has 1 saturated heterocycles. The molecule has 0 radical (unpaired) electrons. The van der Waals surface area contributed by atoms with Gasteiger partial charge in [-0.1, -0.05) is 64.8 Å². The van der Waals surface area contributed by atoms with Gasteiger partial charge >= 0.3 is 0 Å². The van der Waals surface area contributed by atoms with Crippen LogP contribution in [0.1, 0.15) is 91.4 Å². The number of nitrogens with zero attached hydrogens (tertiary/aromatic N) is 2. The van der Waals surface area contributed by atoms with Crippen molar-refractivity contribution in [1.82, 2.24) is 10.5 Å². The molecule has 0 aromatic rings. The van der Waals surface area contributed by atoms with Crippen molar-refractivity contribution >= 4 is 0 Å². The molecule has 1 N–H and O–H groups in total. The summed E-state index contributed by atoms with van der Waals surface area (Å²) in [6.45, 7) is 10.8.